The molecule has 0 bridgehead atoms. The minimum Gasteiger partial charge on any atom is -0.295 e. The van der Waals surface area contributed by atoms with E-state index in [0.29, 0.717) is 10.0 Å². The molecule has 1 aliphatic rings. The summed E-state index contributed by atoms with van der Waals surface area (Å²) in [5.74, 6) is 0. The molecule has 0 aliphatic carbocycles. The number of aryl methyl sites for hydroxylation is 1. The first-order valence-corrected chi connectivity index (χ1v) is 8.87. The van der Waals surface area contributed by atoms with Gasteiger partial charge in [-0.15, -0.1) is 0 Å². The van der Waals surface area contributed by atoms with E-state index in [9.17, 15) is 0 Å². The lowest BCUT2D eigenvalue weighted by molar-refractivity contribution is 0.131. The van der Waals surface area contributed by atoms with Crippen LogP contribution in [0.1, 0.15) is 16.7 Å². The maximum Gasteiger partial charge on any atom is 0.0598 e. The van der Waals surface area contributed by atoms with Crippen molar-refractivity contribution in [3.8, 4) is 0 Å². The fourth-order valence-electron chi connectivity index (χ4n) is 2.70. The number of halogens is 2. The third-order valence-corrected chi connectivity index (χ3v) is 4.93. The molecule has 1 aliphatic heterocycles. The van der Waals surface area contributed by atoms with Gasteiger partial charge in [0.1, 0.15) is 0 Å². The molecule has 0 unspecified atom stereocenters. The second-order valence-corrected chi connectivity index (χ2v) is 6.95. The summed E-state index contributed by atoms with van der Waals surface area (Å²) in [5, 5.41) is 7.79. The van der Waals surface area contributed by atoms with Crippen LogP contribution in [-0.4, -0.2) is 42.3 Å². The molecule has 0 aromatic heterocycles. The lowest BCUT2D eigenvalue weighted by Crippen LogP contribution is -2.43. The monoisotopic (exact) mass is 361 g/mol. The molecular formula is C19H21Cl2N3. The van der Waals surface area contributed by atoms with Crippen molar-refractivity contribution in [2.45, 2.75) is 13.5 Å². The van der Waals surface area contributed by atoms with E-state index in [1.54, 1.807) is 6.07 Å². The molecule has 0 N–H and O–H groups in total. The van der Waals surface area contributed by atoms with Crippen molar-refractivity contribution in [3.63, 3.8) is 0 Å². The molecule has 1 heterocycles. The van der Waals surface area contributed by atoms with Gasteiger partial charge in [0, 0.05) is 32.7 Å². The van der Waals surface area contributed by atoms with Gasteiger partial charge in [0.15, 0.2) is 0 Å². The number of nitrogens with zero attached hydrogens (tertiary/aromatic N) is 3. The van der Waals surface area contributed by atoms with Crippen molar-refractivity contribution in [1.29, 1.82) is 0 Å². The van der Waals surface area contributed by atoms with E-state index < -0.39 is 0 Å². The molecule has 3 nitrogen and oxygen atoms in total. The van der Waals surface area contributed by atoms with Gasteiger partial charge in [0.2, 0.25) is 0 Å². The predicted octanol–water partition coefficient (Wildman–Crippen LogP) is 4.45. The molecule has 0 radical (unpaired) electrons. The number of hydrogen-bond acceptors (Lipinski definition) is 3. The van der Waals surface area contributed by atoms with E-state index in [2.05, 4.69) is 46.2 Å². The Kier molecular flexibility index (Phi) is 5.77. The van der Waals surface area contributed by atoms with Crippen LogP contribution in [0.25, 0.3) is 0 Å². The zero-order valence-electron chi connectivity index (χ0n) is 13.8. The highest BCUT2D eigenvalue weighted by atomic mass is 35.5. The van der Waals surface area contributed by atoms with Gasteiger partial charge < -0.3 is 0 Å². The summed E-state index contributed by atoms with van der Waals surface area (Å²) in [5.41, 5.74) is 3.64. The van der Waals surface area contributed by atoms with Crippen LogP contribution in [0.5, 0.6) is 0 Å². The minimum atomic E-state index is 0.559. The standard InChI is InChI=1S/C19H21Cl2N3/c1-15-2-4-16(5-3-15)14-23-8-10-24(11-9-23)22-13-17-6-7-18(20)19(21)12-17/h2-7,12-13H,8-11,14H2,1H3/b22-13-. The summed E-state index contributed by atoms with van der Waals surface area (Å²) < 4.78 is 0. The first-order chi connectivity index (χ1) is 11.6. The van der Waals surface area contributed by atoms with Crippen molar-refractivity contribution in [3.05, 3.63) is 69.2 Å². The van der Waals surface area contributed by atoms with Crippen molar-refractivity contribution < 1.29 is 0 Å². The van der Waals surface area contributed by atoms with Crippen molar-refractivity contribution in [1.82, 2.24) is 9.91 Å². The molecule has 1 fully saturated rings. The van der Waals surface area contributed by atoms with Gasteiger partial charge in [-0.25, -0.2) is 0 Å². The molecular weight excluding hydrogens is 341 g/mol. The van der Waals surface area contributed by atoms with Crippen molar-refractivity contribution in [2.24, 2.45) is 5.10 Å². The Bertz CT molecular complexity index is 705. The summed E-state index contributed by atoms with van der Waals surface area (Å²) in [6.45, 7) is 7.03. The summed E-state index contributed by atoms with van der Waals surface area (Å²) in [4.78, 5) is 2.47. The minimum absolute atomic E-state index is 0.559. The van der Waals surface area contributed by atoms with E-state index in [4.69, 9.17) is 23.2 Å². The fraction of sp³-hybridized carbons (Fsp3) is 0.316. The van der Waals surface area contributed by atoms with Gasteiger partial charge in [-0.05, 0) is 30.2 Å². The summed E-state index contributed by atoms with van der Waals surface area (Å²) in [7, 11) is 0. The molecule has 0 saturated carbocycles. The Balaban J connectivity index is 1.50. The lowest BCUT2D eigenvalue weighted by Gasteiger charge is -2.33. The summed E-state index contributed by atoms with van der Waals surface area (Å²) in [6.07, 6.45) is 1.85. The van der Waals surface area contributed by atoms with Crippen LogP contribution >= 0.6 is 23.2 Å². The van der Waals surface area contributed by atoms with E-state index in [-0.39, 0.29) is 0 Å². The van der Waals surface area contributed by atoms with Crippen LogP contribution in [0.4, 0.5) is 0 Å². The van der Waals surface area contributed by atoms with Gasteiger partial charge >= 0.3 is 0 Å². The van der Waals surface area contributed by atoms with E-state index in [1.807, 2.05) is 18.3 Å². The molecule has 0 atom stereocenters. The van der Waals surface area contributed by atoms with Crippen molar-refractivity contribution >= 4 is 29.4 Å². The van der Waals surface area contributed by atoms with E-state index >= 15 is 0 Å². The Morgan fingerprint density at radius 3 is 2.33 bits per heavy atom. The zero-order valence-corrected chi connectivity index (χ0v) is 15.3. The summed E-state index contributed by atoms with van der Waals surface area (Å²) in [6, 6.07) is 14.3. The molecule has 0 spiro atoms. The van der Waals surface area contributed by atoms with E-state index in [1.165, 1.54) is 11.1 Å². The second-order valence-electron chi connectivity index (χ2n) is 6.13. The molecule has 5 heteroatoms. The number of hydrogen-bond donors (Lipinski definition) is 0. The van der Waals surface area contributed by atoms with Gasteiger partial charge in [-0.1, -0.05) is 59.1 Å². The first kappa shape index (κ1) is 17.3. The van der Waals surface area contributed by atoms with Crippen LogP contribution < -0.4 is 0 Å². The second kappa shape index (κ2) is 8.02. The third-order valence-electron chi connectivity index (χ3n) is 4.19. The van der Waals surface area contributed by atoms with Gasteiger partial charge in [-0.3, -0.25) is 9.91 Å². The van der Waals surface area contributed by atoms with Crippen LogP contribution in [0.2, 0.25) is 10.0 Å². The smallest absolute Gasteiger partial charge is 0.0598 e. The normalized spacial score (nSPS) is 16.0. The molecule has 2 aromatic rings. The van der Waals surface area contributed by atoms with Gasteiger partial charge in [0.05, 0.1) is 16.3 Å². The first-order valence-electron chi connectivity index (χ1n) is 8.12. The Hall–Kier alpha value is -1.55. The summed E-state index contributed by atoms with van der Waals surface area (Å²) >= 11 is 12.0. The third kappa shape index (κ3) is 4.73. The van der Waals surface area contributed by atoms with Crippen LogP contribution in [-0.2, 0) is 6.54 Å². The molecule has 1 saturated heterocycles. The Morgan fingerprint density at radius 2 is 1.67 bits per heavy atom. The van der Waals surface area contributed by atoms with Crippen LogP contribution in [0, 0.1) is 6.92 Å². The van der Waals surface area contributed by atoms with E-state index in [0.717, 1.165) is 38.3 Å². The fourth-order valence-corrected chi connectivity index (χ4v) is 3.01. The molecule has 126 valence electrons. The topological polar surface area (TPSA) is 18.8 Å². The molecule has 2 aromatic carbocycles. The average Bonchev–Trinajstić information content (AvgIpc) is 2.59. The lowest BCUT2D eigenvalue weighted by atomic mass is 10.1. The van der Waals surface area contributed by atoms with Gasteiger partial charge in [-0.2, -0.15) is 5.10 Å². The van der Waals surface area contributed by atoms with Crippen LogP contribution in [0.3, 0.4) is 0 Å². The quantitative estimate of drug-likeness (QED) is 0.749. The highest BCUT2D eigenvalue weighted by Crippen LogP contribution is 2.21. The molecule has 0 amide bonds. The zero-order chi connectivity index (χ0) is 16.9. The highest BCUT2D eigenvalue weighted by molar-refractivity contribution is 6.42. The molecule has 3 rings (SSSR count). The largest absolute Gasteiger partial charge is 0.295 e. The van der Waals surface area contributed by atoms with Crippen LogP contribution in [0.15, 0.2) is 47.6 Å². The van der Waals surface area contributed by atoms with Crippen molar-refractivity contribution in [2.75, 3.05) is 26.2 Å². The SMILES string of the molecule is Cc1ccc(CN2CCN(/N=C\c3ccc(Cl)c(Cl)c3)CC2)cc1. The number of benzene rings is 2. The number of piperazine rings is 1. The average molecular weight is 362 g/mol. The number of hydrazone groups is 1. The maximum atomic E-state index is 6.03. The predicted molar refractivity (Wildman–Crippen MR) is 102 cm³/mol. The molecule has 24 heavy (non-hydrogen) atoms. The number of rotatable bonds is 4. The Labute approximate surface area is 153 Å². The highest BCUT2D eigenvalue weighted by Gasteiger charge is 2.15. The maximum absolute atomic E-state index is 6.03. The van der Waals surface area contributed by atoms with Gasteiger partial charge in [0.25, 0.3) is 0 Å². The Morgan fingerprint density at radius 1 is 0.958 bits per heavy atom.